The first-order valence-corrected chi connectivity index (χ1v) is 5.72. The molecule has 1 aliphatic heterocycles. The molecule has 8 nitrogen and oxygen atoms in total. The highest BCUT2D eigenvalue weighted by Crippen LogP contribution is 2.27. The fourth-order valence-corrected chi connectivity index (χ4v) is 1.85. The van der Waals surface area contributed by atoms with Gasteiger partial charge in [0.05, 0.1) is 23.4 Å². The molecule has 0 spiro atoms. The highest BCUT2D eigenvalue weighted by atomic mass is 16.5. The SMILES string of the molecule is CCOC(=O)[C@H]1C(=O)NC(=O)c2cc(C#N)c(N)nc21. The standard InChI is InChI=1S/C12H10N4O4/c1-2-20-12(19)7-8-6(10(17)16-11(7)18)3-5(4-13)9(14)15-8/h3,7H,2H2,1H3,(H2,14,15)(H,16,17,18)/t7-/m1/s1. The molecule has 2 rings (SSSR count). The van der Waals surface area contributed by atoms with Crippen molar-refractivity contribution in [3.05, 3.63) is 22.9 Å². The third-order valence-corrected chi connectivity index (χ3v) is 2.74. The number of esters is 1. The zero-order valence-corrected chi connectivity index (χ0v) is 10.5. The third kappa shape index (κ3) is 2.05. The summed E-state index contributed by atoms with van der Waals surface area (Å²) in [6.07, 6.45) is 0. The highest BCUT2D eigenvalue weighted by Gasteiger charge is 2.40. The Morgan fingerprint density at radius 2 is 2.30 bits per heavy atom. The van der Waals surface area contributed by atoms with Gasteiger partial charge in [0, 0.05) is 0 Å². The van der Waals surface area contributed by atoms with Gasteiger partial charge in [-0.25, -0.2) is 4.98 Å². The zero-order chi connectivity index (χ0) is 14.9. The molecule has 3 N–H and O–H groups in total. The summed E-state index contributed by atoms with van der Waals surface area (Å²) < 4.78 is 4.78. The molecule has 0 aromatic carbocycles. The normalized spacial score (nSPS) is 16.9. The van der Waals surface area contributed by atoms with Crippen LogP contribution in [0.1, 0.15) is 34.5 Å². The first-order valence-electron chi connectivity index (χ1n) is 5.72. The number of ether oxygens (including phenoxy) is 1. The Hall–Kier alpha value is -2.95. The average Bonchev–Trinajstić information content (AvgIpc) is 2.38. The molecule has 1 aromatic heterocycles. The lowest BCUT2D eigenvalue weighted by molar-refractivity contribution is -0.148. The molecule has 0 saturated carbocycles. The van der Waals surface area contributed by atoms with Crippen LogP contribution in [-0.4, -0.2) is 29.4 Å². The van der Waals surface area contributed by atoms with Gasteiger partial charge in [-0.1, -0.05) is 0 Å². The fourth-order valence-electron chi connectivity index (χ4n) is 1.85. The van der Waals surface area contributed by atoms with Crippen LogP contribution in [-0.2, 0) is 14.3 Å². The number of nitrogen functional groups attached to an aromatic ring is 1. The maximum absolute atomic E-state index is 11.8. The topological polar surface area (TPSA) is 135 Å². The van der Waals surface area contributed by atoms with E-state index in [1.54, 1.807) is 13.0 Å². The van der Waals surface area contributed by atoms with Crippen molar-refractivity contribution in [2.75, 3.05) is 12.3 Å². The van der Waals surface area contributed by atoms with Crippen molar-refractivity contribution >= 4 is 23.6 Å². The number of hydrogen-bond acceptors (Lipinski definition) is 7. The van der Waals surface area contributed by atoms with Gasteiger partial charge >= 0.3 is 5.97 Å². The van der Waals surface area contributed by atoms with Gasteiger partial charge in [-0.2, -0.15) is 5.26 Å². The average molecular weight is 274 g/mol. The minimum Gasteiger partial charge on any atom is -0.465 e. The Kier molecular flexibility index (Phi) is 3.35. The number of imide groups is 1. The molecule has 1 aliphatic rings. The molecule has 2 amide bonds. The minimum atomic E-state index is -1.36. The van der Waals surface area contributed by atoms with Gasteiger partial charge < -0.3 is 10.5 Å². The summed E-state index contributed by atoms with van der Waals surface area (Å²) in [6, 6.07) is 2.98. The zero-order valence-electron chi connectivity index (χ0n) is 10.5. The molecule has 1 atom stereocenters. The molecular formula is C12H10N4O4. The second kappa shape index (κ2) is 4.97. The summed E-state index contributed by atoms with van der Waals surface area (Å²) in [5, 5.41) is 10.9. The molecule has 0 fully saturated rings. The Balaban J connectivity index is 2.60. The summed E-state index contributed by atoms with van der Waals surface area (Å²) >= 11 is 0. The molecule has 1 aromatic rings. The molecule has 0 radical (unpaired) electrons. The Labute approximate surface area is 113 Å². The Bertz CT molecular complexity index is 662. The number of fused-ring (bicyclic) bond motifs is 1. The molecule has 102 valence electrons. The monoisotopic (exact) mass is 274 g/mol. The van der Waals surface area contributed by atoms with Crippen LogP contribution < -0.4 is 11.1 Å². The van der Waals surface area contributed by atoms with Crippen LogP contribution in [0.3, 0.4) is 0 Å². The van der Waals surface area contributed by atoms with Gasteiger partial charge in [0.15, 0.2) is 5.92 Å². The number of nitrogens with two attached hydrogens (primary N) is 1. The van der Waals surface area contributed by atoms with E-state index in [-0.39, 0.29) is 29.2 Å². The second-order valence-corrected chi connectivity index (χ2v) is 3.97. The van der Waals surface area contributed by atoms with E-state index in [9.17, 15) is 14.4 Å². The van der Waals surface area contributed by atoms with E-state index < -0.39 is 23.7 Å². The molecule has 2 heterocycles. The lowest BCUT2D eigenvalue weighted by Gasteiger charge is -2.22. The summed E-state index contributed by atoms with van der Waals surface area (Å²) in [5.41, 5.74) is 5.43. The molecule has 0 unspecified atom stereocenters. The van der Waals surface area contributed by atoms with E-state index in [0.717, 1.165) is 0 Å². The quantitative estimate of drug-likeness (QED) is 0.419. The van der Waals surface area contributed by atoms with Gasteiger partial charge in [0.1, 0.15) is 11.9 Å². The number of amides is 2. The largest absolute Gasteiger partial charge is 0.465 e. The van der Waals surface area contributed by atoms with Crippen molar-refractivity contribution in [1.29, 1.82) is 5.26 Å². The van der Waals surface area contributed by atoms with Crippen LogP contribution in [0.2, 0.25) is 0 Å². The number of pyridine rings is 1. The maximum atomic E-state index is 11.8. The van der Waals surface area contributed by atoms with Crippen LogP contribution in [0, 0.1) is 11.3 Å². The molecule has 8 heteroatoms. The van der Waals surface area contributed by atoms with Crippen molar-refractivity contribution < 1.29 is 19.1 Å². The lowest BCUT2D eigenvalue weighted by atomic mass is 9.93. The molecule has 0 aliphatic carbocycles. The van der Waals surface area contributed by atoms with Crippen molar-refractivity contribution in [1.82, 2.24) is 10.3 Å². The van der Waals surface area contributed by atoms with E-state index in [0.29, 0.717) is 0 Å². The third-order valence-electron chi connectivity index (χ3n) is 2.74. The number of anilines is 1. The second-order valence-electron chi connectivity index (χ2n) is 3.97. The maximum Gasteiger partial charge on any atom is 0.324 e. The first-order chi connectivity index (χ1) is 9.49. The lowest BCUT2D eigenvalue weighted by Crippen LogP contribution is -2.44. The van der Waals surface area contributed by atoms with Crippen molar-refractivity contribution in [2.45, 2.75) is 12.8 Å². The van der Waals surface area contributed by atoms with Crippen LogP contribution in [0.15, 0.2) is 6.07 Å². The Morgan fingerprint density at radius 1 is 1.60 bits per heavy atom. The van der Waals surface area contributed by atoms with E-state index in [2.05, 4.69) is 4.98 Å². The number of nitrogens with one attached hydrogen (secondary N) is 1. The number of carbonyl (C=O) groups excluding carboxylic acids is 3. The van der Waals surface area contributed by atoms with Crippen molar-refractivity contribution in [3.8, 4) is 6.07 Å². The van der Waals surface area contributed by atoms with Crippen LogP contribution in [0.5, 0.6) is 0 Å². The molecular weight excluding hydrogens is 264 g/mol. The summed E-state index contributed by atoms with van der Waals surface area (Å²) in [7, 11) is 0. The van der Waals surface area contributed by atoms with Crippen LogP contribution in [0.4, 0.5) is 5.82 Å². The van der Waals surface area contributed by atoms with Gasteiger partial charge in [-0.05, 0) is 13.0 Å². The summed E-state index contributed by atoms with van der Waals surface area (Å²) in [6.45, 7) is 1.67. The van der Waals surface area contributed by atoms with E-state index in [1.807, 2.05) is 5.32 Å². The van der Waals surface area contributed by atoms with E-state index >= 15 is 0 Å². The van der Waals surface area contributed by atoms with Crippen LogP contribution >= 0.6 is 0 Å². The number of aromatic nitrogens is 1. The van der Waals surface area contributed by atoms with Crippen LogP contribution in [0.25, 0.3) is 0 Å². The summed E-state index contributed by atoms with van der Waals surface area (Å²) in [4.78, 5) is 39.1. The highest BCUT2D eigenvalue weighted by molar-refractivity contribution is 6.17. The van der Waals surface area contributed by atoms with E-state index in [1.165, 1.54) is 6.07 Å². The van der Waals surface area contributed by atoms with Gasteiger partial charge in [-0.15, -0.1) is 0 Å². The Morgan fingerprint density at radius 3 is 2.90 bits per heavy atom. The smallest absolute Gasteiger partial charge is 0.324 e. The van der Waals surface area contributed by atoms with Crippen molar-refractivity contribution in [3.63, 3.8) is 0 Å². The van der Waals surface area contributed by atoms with Gasteiger partial charge in [0.25, 0.3) is 5.91 Å². The predicted octanol–water partition coefficient (Wildman–Crippen LogP) is -0.548. The fraction of sp³-hybridized carbons (Fsp3) is 0.250. The minimum absolute atomic E-state index is 0.00384. The predicted molar refractivity (Wildman–Crippen MR) is 65.2 cm³/mol. The number of hydrogen-bond donors (Lipinski definition) is 2. The number of rotatable bonds is 2. The molecule has 20 heavy (non-hydrogen) atoms. The van der Waals surface area contributed by atoms with E-state index in [4.69, 9.17) is 15.7 Å². The number of nitrogens with zero attached hydrogens (tertiary/aromatic N) is 2. The molecule has 0 saturated heterocycles. The molecule has 0 bridgehead atoms. The summed E-state index contributed by atoms with van der Waals surface area (Å²) in [5.74, 6) is -3.89. The van der Waals surface area contributed by atoms with Gasteiger partial charge in [0.2, 0.25) is 5.91 Å². The number of nitriles is 1. The van der Waals surface area contributed by atoms with Crippen molar-refractivity contribution in [2.24, 2.45) is 0 Å². The number of carbonyl (C=O) groups is 3. The first kappa shape index (κ1) is 13.5. The van der Waals surface area contributed by atoms with Gasteiger partial charge in [-0.3, -0.25) is 19.7 Å².